The van der Waals surface area contributed by atoms with Gasteiger partial charge in [-0.15, -0.1) is 11.3 Å². The SMILES string of the molecule is CNc1cc(S(=O)(=O)NCc2cncs2)ccc1[N+](=O)[O-]. The first kappa shape index (κ1) is 15.4. The summed E-state index contributed by atoms with van der Waals surface area (Å²) in [6.45, 7) is 0.124. The number of sulfonamides is 1. The summed E-state index contributed by atoms with van der Waals surface area (Å²) in [5.41, 5.74) is 1.56. The molecule has 0 aliphatic carbocycles. The number of nitrogens with zero attached hydrogens (tertiary/aromatic N) is 2. The molecule has 10 heteroatoms. The summed E-state index contributed by atoms with van der Waals surface area (Å²) >= 11 is 1.33. The molecule has 112 valence electrons. The van der Waals surface area contributed by atoms with Crippen LogP contribution in [0.15, 0.2) is 34.8 Å². The molecule has 0 saturated carbocycles. The Hall–Kier alpha value is -2.04. The highest BCUT2D eigenvalue weighted by molar-refractivity contribution is 7.89. The monoisotopic (exact) mass is 328 g/mol. The van der Waals surface area contributed by atoms with Crippen molar-refractivity contribution in [1.29, 1.82) is 0 Å². The highest BCUT2D eigenvalue weighted by Crippen LogP contribution is 2.26. The predicted molar refractivity (Wildman–Crippen MR) is 78.8 cm³/mol. The zero-order chi connectivity index (χ0) is 15.5. The van der Waals surface area contributed by atoms with E-state index in [-0.39, 0.29) is 22.8 Å². The van der Waals surface area contributed by atoms with Gasteiger partial charge in [0.25, 0.3) is 5.69 Å². The molecule has 21 heavy (non-hydrogen) atoms. The van der Waals surface area contributed by atoms with Crippen LogP contribution in [0.4, 0.5) is 11.4 Å². The van der Waals surface area contributed by atoms with Crippen LogP contribution < -0.4 is 10.0 Å². The number of rotatable bonds is 6. The maximum absolute atomic E-state index is 12.2. The van der Waals surface area contributed by atoms with Gasteiger partial charge < -0.3 is 5.32 Å². The summed E-state index contributed by atoms with van der Waals surface area (Å²) < 4.78 is 26.7. The molecule has 1 aromatic carbocycles. The summed E-state index contributed by atoms with van der Waals surface area (Å²) in [6.07, 6.45) is 1.57. The average molecular weight is 328 g/mol. The average Bonchev–Trinajstić information content (AvgIpc) is 2.97. The lowest BCUT2D eigenvalue weighted by Crippen LogP contribution is -2.23. The molecule has 0 saturated heterocycles. The van der Waals surface area contributed by atoms with Crippen LogP contribution in [0.2, 0.25) is 0 Å². The van der Waals surface area contributed by atoms with Crippen LogP contribution in [0.1, 0.15) is 4.88 Å². The maximum atomic E-state index is 12.2. The first-order valence-corrected chi connectivity index (χ1v) is 8.13. The first-order valence-electron chi connectivity index (χ1n) is 5.77. The second kappa shape index (κ2) is 6.16. The highest BCUT2D eigenvalue weighted by atomic mass is 32.2. The molecule has 0 spiro atoms. The molecule has 0 bridgehead atoms. The molecular formula is C11H12N4O4S2. The largest absolute Gasteiger partial charge is 0.383 e. The van der Waals surface area contributed by atoms with Crippen LogP contribution in [0.5, 0.6) is 0 Å². The van der Waals surface area contributed by atoms with Crippen molar-refractivity contribution >= 4 is 32.7 Å². The van der Waals surface area contributed by atoms with E-state index in [2.05, 4.69) is 15.0 Å². The molecule has 0 fully saturated rings. The molecule has 0 atom stereocenters. The minimum absolute atomic E-state index is 0.0398. The zero-order valence-electron chi connectivity index (χ0n) is 10.9. The normalized spacial score (nSPS) is 11.3. The molecule has 0 aliphatic heterocycles. The summed E-state index contributed by atoms with van der Waals surface area (Å²) in [5, 5.41) is 13.4. The van der Waals surface area contributed by atoms with Gasteiger partial charge in [-0.1, -0.05) is 0 Å². The van der Waals surface area contributed by atoms with E-state index in [1.54, 1.807) is 11.7 Å². The molecule has 0 aliphatic rings. The van der Waals surface area contributed by atoms with Crippen LogP contribution in [-0.4, -0.2) is 25.4 Å². The van der Waals surface area contributed by atoms with Gasteiger partial charge in [-0.25, -0.2) is 13.1 Å². The molecule has 1 aromatic heterocycles. The second-order valence-electron chi connectivity index (χ2n) is 3.98. The Morgan fingerprint density at radius 2 is 2.19 bits per heavy atom. The van der Waals surface area contributed by atoms with Crippen molar-refractivity contribution in [2.75, 3.05) is 12.4 Å². The van der Waals surface area contributed by atoms with E-state index in [0.29, 0.717) is 0 Å². The number of benzene rings is 1. The molecule has 0 amide bonds. The number of anilines is 1. The molecule has 0 radical (unpaired) electrons. The molecule has 2 rings (SSSR count). The van der Waals surface area contributed by atoms with Crippen LogP contribution in [0.3, 0.4) is 0 Å². The van der Waals surface area contributed by atoms with Crippen molar-refractivity contribution in [3.05, 3.63) is 44.9 Å². The Morgan fingerprint density at radius 3 is 2.76 bits per heavy atom. The van der Waals surface area contributed by atoms with Crippen LogP contribution in [-0.2, 0) is 16.6 Å². The van der Waals surface area contributed by atoms with Gasteiger partial charge in [0.15, 0.2) is 0 Å². The Balaban J connectivity index is 2.25. The Bertz CT molecular complexity index is 744. The third-order valence-electron chi connectivity index (χ3n) is 2.66. The summed E-state index contributed by atoms with van der Waals surface area (Å²) in [7, 11) is -2.26. The van der Waals surface area contributed by atoms with E-state index in [1.165, 1.54) is 30.5 Å². The summed E-state index contributed by atoms with van der Waals surface area (Å²) in [6, 6.07) is 3.59. The third-order valence-corrected chi connectivity index (χ3v) is 4.84. The molecule has 2 N–H and O–H groups in total. The topological polar surface area (TPSA) is 114 Å². The highest BCUT2D eigenvalue weighted by Gasteiger charge is 2.19. The zero-order valence-corrected chi connectivity index (χ0v) is 12.6. The Kier molecular flexibility index (Phi) is 4.50. The second-order valence-corrected chi connectivity index (χ2v) is 6.72. The van der Waals surface area contributed by atoms with Gasteiger partial charge in [-0.2, -0.15) is 0 Å². The van der Waals surface area contributed by atoms with Crippen LogP contribution in [0, 0.1) is 10.1 Å². The van der Waals surface area contributed by atoms with Gasteiger partial charge in [-0.3, -0.25) is 15.1 Å². The minimum Gasteiger partial charge on any atom is -0.383 e. The van der Waals surface area contributed by atoms with Gasteiger partial charge in [-0.05, 0) is 12.1 Å². The van der Waals surface area contributed by atoms with Gasteiger partial charge in [0.2, 0.25) is 10.0 Å². The fraction of sp³-hybridized carbons (Fsp3) is 0.182. The fourth-order valence-electron chi connectivity index (χ4n) is 1.62. The molecular weight excluding hydrogens is 316 g/mol. The fourth-order valence-corrected chi connectivity index (χ4v) is 3.28. The van der Waals surface area contributed by atoms with E-state index in [4.69, 9.17) is 0 Å². The van der Waals surface area contributed by atoms with Gasteiger partial charge in [0.1, 0.15) is 5.69 Å². The molecule has 1 heterocycles. The van der Waals surface area contributed by atoms with E-state index >= 15 is 0 Å². The third kappa shape index (κ3) is 3.54. The molecule has 8 nitrogen and oxygen atoms in total. The summed E-state index contributed by atoms with van der Waals surface area (Å²) in [4.78, 5) is 14.8. The number of aromatic nitrogens is 1. The van der Waals surface area contributed by atoms with Crippen molar-refractivity contribution in [2.45, 2.75) is 11.4 Å². The Morgan fingerprint density at radius 1 is 1.43 bits per heavy atom. The van der Waals surface area contributed by atoms with E-state index in [1.807, 2.05) is 0 Å². The maximum Gasteiger partial charge on any atom is 0.292 e. The standard InChI is InChI=1S/C11H12N4O4S2/c1-12-10-4-9(2-3-11(10)15(16)17)21(18,19)14-6-8-5-13-7-20-8/h2-5,7,12,14H,6H2,1H3. The number of thiazole rings is 1. The minimum atomic E-state index is -3.75. The van der Waals surface area contributed by atoms with Gasteiger partial charge in [0, 0.05) is 30.7 Å². The van der Waals surface area contributed by atoms with Crippen molar-refractivity contribution < 1.29 is 13.3 Å². The quantitative estimate of drug-likeness (QED) is 0.614. The van der Waals surface area contributed by atoms with E-state index in [9.17, 15) is 18.5 Å². The predicted octanol–water partition coefficient (Wildman–Crippen LogP) is 1.57. The molecule has 2 aromatic rings. The van der Waals surface area contributed by atoms with E-state index < -0.39 is 14.9 Å². The first-order chi connectivity index (χ1) is 9.94. The number of hydrogen-bond donors (Lipinski definition) is 2. The lowest BCUT2D eigenvalue weighted by atomic mass is 10.3. The van der Waals surface area contributed by atoms with Crippen molar-refractivity contribution in [3.63, 3.8) is 0 Å². The number of nitrogens with one attached hydrogen (secondary N) is 2. The number of nitro groups is 1. The van der Waals surface area contributed by atoms with Crippen LogP contribution >= 0.6 is 11.3 Å². The van der Waals surface area contributed by atoms with Gasteiger partial charge in [0.05, 0.1) is 15.3 Å². The van der Waals surface area contributed by atoms with Crippen LogP contribution in [0.25, 0.3) is 0 Å². The lowest BCUT2D eigenvalue weighted by molar-refractivity contribution is -0.384. The van der Waals surface area contributed by atoms with Crippen molar-refractivity contribution in [1.82, 2.24) is 9.71 Å². The van der Waals surface area contributed by atoms with Crippen molar-refractivity contribution in [2.24, 2.45) is 0 Å². The van der Waals surface area contributed by atoms with Gasteiger partial charge >= 0.3 is 0 Å². The summed E-state index contributed by atoms with van der Waals surface area (Å²) in [5.74, 6) is 0. The lowest BCUT2D eigenvalue weighted by Gasteiger charge is -2.08. The number of nitro benzene ring substituents is 1. The molecule has 0 unspecified atom stereocenters. The number of hydrogen-bond acceptors (Lipinski definition) is 7. The van der Waals surface area contributed by atoms with Crippen molar-refractivity contribution in [3.8, 4) is 0 Å². The smallest absolute Gasteiger partial charge is 0.292 e. The Labute approximate surface area is 125 Å². The van der Waals surface area contributed by atoms with E-state index in [0.717, 1.165) is 10.9 Å².